The molecule has 0 aliphatic heterocycles. The first-order chi connectivity index (χ1) is 7.61. The molecule has 1 aliphatic rings. The molecule has 1 aliphatic carbocycles. The van der Waals surface area contributed by atoms with Crippen LogP contribution in [0, 0.1) is 5.92 Å². The molecule has 0 spiro atoms. The highest BCUT2D eigenvalue weighted by Crippen LogP contribution is 2.41. The second kappa shape index (κ2) is 4.82. The van der Waals surface area contributed by atoms with E-state index in [4.69, 9.17) is 28.9 Å². The van der Waals surface area contributed by atoms with Gasteiger partial charge >= 0.3 is 0 Å². The Bertz CT molecular complexity index is 389. The molecule has 0 aromatic heterocycles. The van der Waals surface area contributed by atoms with Crippen LogP contribution in [0.2, 0.25) is 10.0 Å². The van der Waals surface area contributed by atoms with Crippen molar-refractivity contribution in [3.8, 4) is 5.75 Å². The first-order valence-corrected chi connectivity index (χ1v) is 6.29. The van der Waals surface area contributed by atoms with Crippen molar-refractivity contribution >= 4 is 23.2 Å². The third-order valence-electron chi connectivity index (χ3n) is 3.37. The minimum Gasteiger partial charge on any atom is -0.506 e. The Labute approximate surface area is 105 Å². The Kier molecular flexibility index (Phi) is 3.63. The summed E-state index contributed by atoms with van der Waals surface area (Å²) in [5, 5.41) is 10.5. The van der Waals surface area contributed by atoms with Crippen molar-refractivity contribution in [1.82, 2.24) is 0 Å². The standard InChI is InChI=1S/C12H15Cl2NO/c13-9-6-5-8(12(16)10(9)14)11(15)7-3-1-2-4-7/h5-7,11,16H,1-4,15H2/t11-/m1/s1. The Morgan fingerprint density at radius 3 is 2.50 bits per heavy atom. The molecule has 0 amide bonds. The Morgan fingerprint density at radius 1 is 1.25 bits per heavy atom. The third kappa shape index (κ3) is 2.15. The van der Waals surface area contributed by atoms with E-state index in [2.05, 4.69) is 0 Å². The van der Waals surface area contributed by atoms with E-state index in [0.29, 0.717) is 16.5 Å². The highest BCUT2D eigenvalue weighted by atomic mass is 35.5. The summed E-state index contributed by atoms with van der Waals surface area (Å²) in [6.07, 6.45) is 4.70. The summed E-state index contributed by atoms with van der Waals surface area (Å²) in [5.74, 6) is 0.483. The van der Waals surface area contributed by atoms with Crippen molar-refractivity contribution in [3.63, 3.8) is 0 Å². The summed E-state index contributed by atoms with van der Waals surface area (Å²) in [7, 11) is 0. The minimum atomic E-state index is -0.141. The van der Waals surface area contributed by atoms with Crippen LogP contribution in [0.25, 0.3) is 0 Å². The summed E-state index contributed by atoms with van der Waals surface area (Å²) < 4.78 is 0. The second-order valence-electron chi connectivity index (χ2n) is 4.37. The summed E-state index contributed by atoms with van der Waals surface area (Å²) in [6.45, 7) is 0. The lowest BCUT2D eigenvalue weighted by Crippen LogP contribution is -2.19. The van der Waals surface area contributed by atoms with Gasteiger partial charge in [-0.3, -0.25) is 0 Å². The molecule has 88 valence electrons. The van der Waals surface area contributed by atoms with E-state index >= 15 is 0 Å². The number of halogens is 2. The van der Waals surface area contributed by atoms with Crippen LogP contribution < -0.4 is 5.73 Å². The fraction of sp³-hybridized carbons (Fsp3) is 0.500. The summed E-state index contributed by atoms with van der Waals surface area (Å²) in [6, 6.07) is 3.32. The molecule has 0 bridgehead atoms. The molecule has 0 radical (unpaired) electrons. The van der Waals surface area contributed by atoms with Gasteiger partial charge in [-0.15, -0.1) is 0 Å². The summed E-state index contributed by atoms with van der Waals surface area (Å²) in [5.41, 5.74) is 6.87. The van der Waals surface area contributed by atoms with Crippen LogP contribution in [0.4, 0.5) is 0 Å². The van der Waals surface area contributed by atoms with Crippen LogP contribution in [0.5, 0.6) is 5.75 Å². The van der Waals surface area contributed by atoms with Gasteiger partial charge in [-0.05, 0) is 24.8 Å². The average Bonchev–Trinajstić information content (AvgIpc) is 2.79. The van der Waals surface area contributed by atoms with Crippen LogP contribution in [0.3, 0.4) is 0 Å². The first-order valence-electron chi connectivity index (χ1n) is 5.53. The van der Waals surface area contributed by atoms with Crippen LogP contribution in [-0.2, 0) is 0 Å². The zero-order chi connectivity index (χ0) is 11.7. The fourth-order valence-electron chi connectivity index (χ4n) is 2.39. The van der Waals surface area contributed by atoms with Crippen molar-refractivity contribution in [2.75, 3.05) is 0 Å². The van der Waals surface area contributed by atoms with Gasteiger partial charge < -0.3 is 10.8 Å². The number of nitrogens with two attached hydrogens (primary N) is 1. The van der Waals surface area contributed by atoms with E-state index in [1.165, 1.54) is 12.8 Å². The van der Waals surface area contributed by atoms with Gasteiger partial charge in [-0.1, -0.05) is 42.1 Å². The van der Waals surface area contributed by atoms with Crippen molar-refractivity contribution in [3.05, 3.63) is 27.7 Å². The predicted molar refractivity (Wildman–Crippen MR) is 67.0 cm³/mol. The van der Waals surface area contributed by atoms with Gasteiger partial charge in [0.25, 0.3) is 0 Å². The van der Waals surface area contributed by atoms with E-state index < -0.39 is 0 Å². The smallest absolute Gasteiger partial charge is 0.140 e. The van der Waals surface area contributed by atoms with Gasteiger partial charge in [-0.2, -0.15) is 0 Å². The molecule has 0 heterocycles. The molecular weight excluding hydrogens is 245 g/mol. The maximum absolute atomic E-state index is 9.91. The largest absolute Gasteiger partial charge is 0.506 e. The minimum absolute atomic E-state index is 0.0357. The molecule has 3 N–H and O–H groups in total. The molecule has 0 unspecified atom stereocenters. The topological polar surface area (TPSA) is 46.2 Å². The molecule has 1 fully saturated rings. The molecule has 4 heteroatoms. The normalized spacial score (nSPS) is 18.9. The highest BCUT2D eigenvalue weighted by Gasteiger charge is 2.26. The number of hydrogen-bond acceptors (Lipinski definition) is 2. The van der Waals surface area contributed by atoms with E-state index in [9.17, 15) is 5.11 Å². The number of rotatable bonds is 2. The van der Waals surface area contributed by atoms with Crippen molar-refractivity contribution in [2.45, 2.75) is 31.7 Å². The lowest BCUT2D eigenvalue weighted by Gasteiger charge is -2.20. The molecule has 1 aromatic rings. The predicted octanol–water partition coefficient (Wildman–Crippen LogP) is 3.89. The molecule has 16 heavy (non-hydrogen) atoms. The number of aromatic hydroxyl groups is 1. The SMILES string of the molecule is N[C@@H](c1ccc(Cl)c(Cl)c1O)C1CCCC1. The third-order valence-corrected chi connectivity index (χ3v) is 4.16. The lowest BCUT2D eigenvalue weighted by molar-refractivity contribution is 0.412. The van der Waals surface area contributed by atoms with Crippen LogP contribution in [0.15, 0.2) is 12.1 Å². The van der Waals surface area contributed by atoms with Crippen LogP contribution >= 0.6 is 23.2 Å². The molecule has 0 saturated heterocycles. The highest BCUT2D eigenvalue weighted by molar-refractivity contribution is 6.43. The monoisotopic (exact) mass is 259 g/mol. The maximum atomic E-state index is 9.91. The quantitative estimate of drug-likeness (QED) is 0.847. The van der Waals surface area contributed by atoms with E-state index in [0.717, 1.165) is 12.8 Å². The van der Waals surface area contributed by atoms with Crippen molar-refractivity contribution in [2.24, 2.45) is 11.7 Å². The summed E-state index contributed by atoms with van der Waals surface area (Å²) in [4.78, 5) is 0. The molecule has 2 rings (SSSR count). The molecule has 1 aromatic carbocycles. The Balaban J connectivity index is 2.29. The lowest BCUT2D eigenvalue weighted by atomic mass is 9.92. The van der Waals surface area contributed by atoms with Crippen molar-refractivity contribution in [1.29, 1.82) is 0 Å². The van der Waals surface area contributed by atoms with Gasteiger partial charge in [0.1, 0.15) is 10.8 Å². The number of hydrogen-bond donors (Lipinski definition) is 2. The first kappa shape index (κ1) is 12.0. The fourth-order valence-corrected chi connectivity index (χ4v) is 2.72. The Morgan fingerprint density at radius 2 is 1.88 bits per heavy atom. The molecule has 2 nitrogen and oxygen atoms in total. The van der Waals surface area contributed by atoms with Gasteiger partial charge in [0.15, 0.2) is 0 Å². The van der Waals surface area contributed by atoms with Crippen LogP contribution in [0.1, 0.15) is 37.3 Å². The molecular formula is C12H15Cl2NO. The van der Waals surface area contributed by atoms with Gasteiger partial charge in [-0.25, -0.2) is 0 Å². The number of benzene rings is 1. The number of phenolic OH excluding ortho intramolecular Hbond substituents is 1. The van der Waals surface area contributed by atoms with E-state index in [1.54, 1.807) is 12.1 Å². The van der Waals surface area contributed by atoms with Gasteiger partial charge in [0, 0.05) is 11.6 Å². The van der Waals surface area contributed by atoms with Gasteiger partial charge in [0.05, 0.1) is 5.02 Å². The molecule has 1 saturated carbocycles. The van der Waals surface area contributed by atoms with Crippen molar-refractivity contribution < 1.29 is 5.11 Å². The second-order valence-corrected chi connectivity index (χ2v) is 5.15. The van der Waals surface area contributed by atoms with Gasteiger partial charge in [0.2, 0.25) is 0 Å². The zero-order valence-corrected chi connectivity index (χ0v) is 10.4. The average molecular weight is 260 g/mol. The Hall–Kier alpha value is -0.440. The number of phenols is 1. The molecule has 1 atom stereocenters. The maximum Gasteiger partial charge on any atom is 0.140 e. The summed E-state index contributed by atoms with van der Waals surface area (Å²) >= 11 is 11.7. The van der Waals surface area contributed by atoms with E-state index in [1.807, 2.05) is 0 Å². The van der Waals surface area contributed by atoms with E-state index in [-0.39, 0.29) is 16.8 Å². The zero-order valence-electron chi connectivity index (χ0n) is 8.92. The van der Waals surface area contributed by atoms with Crippen LogP contribution in [-0.4, -0.2) is 5.11 Å².